The number of rotatable bonds is 2. The molecule has 5 nitrogen and oxygen atoms in total. The van der Waals surface area contributed by atoms with Crippen LogP contribution in [0.15, 0.2) is 24.3 Å². The van der Waals surface area contributed by atoms with E-state index < -0.39 is 19.3 Å². The number of methoxy groups -OCH3 is 1. The van der Waals surface area contributed by atoms with E-state index in [4.69, 9.17) is 13.8 Å². The summed E-state index contributed by atoms with van der Waals surface area (Å²) in [6.07, 6.45) is -0.543. The van der Waals surface area contributed by atoms with E-state index in [0.717, 1.165) is 5.56 Å². The van der Waals surface area contributed by atoms with Crippen molar-refractivity contribution in [2.75, 3.05) is 13.7 Å². The van der Waals surface area contributed by atoms with E-state index >= 15 is 0 Å². The molecule has 0 amide bonds. The van der Waals surface area contributed by atoms with Gasteiger partial charge >= 0.3 is 7.82 Å². The van der Waals surface area contributed by atoms with E-state index in [-0.39, 0.29) is 6.61 Å². The minimum atomic E-state index is -3.97. The molecule has 0 saturated carbocycles. The molecule has 0 spiro atoms. The lowest BCUT2D eigenvalue weighted by atomic mass is 9.83. The minimum absolute atomic E-state index is 0.156. The van der Waals surface area contributed by atoms with Crippen LogP contribution in [0.3, 0.4) is 0 Å². The Hall–Kier alpha value is -0.870. The van der Waals surface area contributed by atoms with Gasteiger partial charge in [0, 0.05) is 11.0 Å². The molecule has 1 fully saturated rings. The Morgan fingerprint density at radius 2 is 2.11 bits per heavy atom. The molecule has 1 unspecified atom stereocenters. The fraction of sp³-hybridized carbons (Fsp3) is 0.500. The van der Waals surface area contributed by atoms with E-state index in [0.29, 0.717) is 5.75 Å². The van der Waals surface area contributed by atoms with Gasteiger partial charge in [-0.15, -0.1) is 0 Å². The highest BCUT2D eigenvalue weighted by molar-refractivity contribution is 7.47. The summed E-state index contributed by atoms with van der Waals surface area (Å²) in [4.78, 5) is 9.47. The lowest BCUT2D eigenvalue weighted by Gasteiger charge is -2.39. The molecule has 1 N–H and O–H groups in total. The normalized spacial score (nSPS) is 31.0. The van der Waals surface area contributed by atoms with Crippen molar-refractivity contribution in [2.45, 2.75) is 20.0 Å². The van der Waals surface area contributed by atoms with Gasteiger partial charge in [-0.25, -0.2) is 4.57 Å². The van der Waals surface area contributed by atoms with Crippen molar-refractivity contribution in [1.82, 2.24) is 0 Å². The SMILES string of the molecule is COc1ccccc1[C@@H]1OP(=O)(O)OCC1(C)C. The fourth-order valence-corrected chi connectivity index (χ4v) is 3.21. The van der Waals surface area contributed by atoms with Gasteiger partial charge in [0.05, 0.1) is 13.7 Å². The Morgan fingerprint density at radius 1 is 1.44 bits per heavy atom. The Labute approximate surface area is 106 Å². The van der Waals surface area contributed by atoms with Crippen LogP contribution in [0.25, 0.3) is 0 Å². The number of benzene rings is 1. The molecule has 1 saturated heterocycles. The van der Waals surface area contributed by atoms with Crippen molar-refractivity contribution in [3.8, 4) is 5.75 Å². The first kappa shape index (κ1) is 13.6. The van der Waals surface area contributed by atoms with Gasteiger partial charge in [0.1, 0.15) is 11.9 Å². The summed E-state index contributed by atoms with van der Waals surface area (Å²) in [5, 5.41) is 0. The number of para-hydroxylation sites is 1. The van der Waals surface area contributed by atoms with Crippen molar-refractivity contribution in [3.63, 3.8) is 0 Å². The summed E-state index contributed by atoms with van der Waals surface area (Å²) < 4.78 is 26.9. The highest BCUT2D eigenvalue weighted by Crippen LogP contribution is 2.59. The van der Waals surface area contributed by atoms with Crippen molar-refractivity contribution in [1.29, 1.82) is 0 Å². The minimum Gasteiger partial charge on any atom is -0.496 e. The van der Waals surface area contributed by atoms with Gasteiger partial charge in [0.25, 0.3) is 0 Å². The average molecular weight is 272 g/mol. The Balaban J connectivity index is 2.43. The smallest absolute Gasteiger partial charge is 0.472 e. The standard InChI is InChI=1S/C12H17O5P/c1-12(2)8-16-18(13,14)17-11(12)9-6-4-5-7-10(9)15-3/h4-7,11H,8H2,1-3H3,(H,13,14)/t11-/m0/s1. The van der Waals surface area contributed by atoms with Gasteiger partial charge in [0.15, 0.2) is 0 Å². The Bertz CT molecular complexity index is 485. The first-order valence-electron chi connectivity index (χ1n) is 5.64. The van der Waals surface area contributed by atoms with Gasteiger partial charge in [-0.05, 0) is 6.07 Å². The maximum atomic E-state index is 11.6. The second-order valence-electron chi connectivity index (χ2n) is 4.96. The molecule has 0 aliphatic carbocycles. The third-order valence-electron chi connectivity index (χ3n) is 2.97. The topological polar surface area (TPSA) is 65.0 Å². The number of hydrogen-bond donors (Lipinski definition) is 1. The molecular formula is C12H17O5P. The number of phosphoric ester groups is 1. The summed E-state index contributed by atoms with van der Waals surface area (Å²) in [5.41, 5.74) is 0.341. The highest BCUT2D eigenvalue weighted by Gasteiger charge is 2.45. The molecule has 0 bridgehead atoms. The van der Waals surface area contributed by atoms with Gasteiger partial charge in [-0.2, -0.15) is 0 Å². The molecule has 2 atom stereocenters. The van der Waals surface area contributed by atoms with Crippen LogP contribution in [0.2, 0.25) is 0 Å². The molecule has 1 heterocycles. The Kier molecular flexibility index (Phi) is 3.52. The van der Waals surface area contributed by atoms with E-state index in [1.807, 2.05) is 32.0 Å². The van der Waals surface area contributed by atoms with Crippen LogP contribution in [0.4, 0.5) is 0 Å². The second-order valence-corrected chi connectivity index (χ2v) is 6.36. The van der Waals surface area contributed by atoms with E-state index in [9.17, 15) is 9.46 Å². The number of ether oxygens (including phenoxy) is 1. The van der Waals surface area contributed by atoms with Crippen molar-refractivity contribution >= 4 is 7.82 Å². The van der Waals surface area contributed by atoms with Crippen LogP contribution in [-0.4, -0.2) is 18.6 Å². The van der Waals surface area contributed by atoms with E-state index in [2.05, 4.69) is 0 Å². The van der Waals surface area contributed by atoms with Crippen LogP contribution in [0.1, 0.15) is 25.5 Å². The lowest BCUT2D eigenvalue weighted by Crippen LogP contribution is -2.33. The molecule has 0 radical (unpaired) electrons. The summed E-state index contributed by atoms with van der Waals surface area (Å²) in [6.45, 7) is 4.00. The summed E-state index contributed by atoms with van der Waals surface area (Å²) in [6, 6.07) is 7.31. The van der Waals surface area contributed by atoms with Crippen LogP contribution in [-0.2, 0) is 13.6 Å². The predicted octanol–water partition coefficient (Wildman–Crippen LogP) is 2.91. The van der Waals surface area contributed by atoms with E-state index in [1.54, 1.807) is 13.2 Å². The molecule has 6 heteroatoms. The second kappa shape index (κ2) is 4.67. The van der Waals surface area contributed by atoms with Crippen LogP contribution < -0.4 is 4.74 Å². The first-order valence-corrected chi connectivity index (χ1v) is 7.14. The molecule has 100 valence electrons. The molecule has 18 heavy (non-hydrogen) atoms. The number of phosphoric acid groups is 1. The van der Waals surface area contributed by atoms with Crippen molar-refractivity contribution < 1.29 is 23.2 Å². The van der Waals surface area contributed by atoms with Gasteiger partial charge in [0.2, 0.25) is 0 Å². The third-order valence-corrected chi connectivity index (χ3v) is 3.90. The van der Waals surface area contributed by atoms with Crippen LogP contribution in [0, 0.1) is 5.41 Å². The summed E-state index contributed by atoms with van der Waals surface area (Å²) in [5.74, 6) is 0.637. The molecule has 1 aromatic rings. The number of hydrogen-bond acceptors (Lipinski definition) is 4. The summed E-state index contributed by atoms with van der Waals surface area (Å²) >= 11 is 0. The van der Waals surface area contributed by atoms with Gasteiger partial charge in [-0.1, -0.05) is 32.0 Å². The monoisotopic (exact) mass is 272 g/mol. The quantitative estimate of drug-likeness (QED) is 0.838. The van der Waals surface area contributed by atoms with Crippen molar-refractivity contribution in [2.24, 2.45) is 5.41 Å². The third kappa shape index (κ3) is 2.59. The maximum Gasteiger partial charge on any atom is 0.472 e. The van der Waals surface area contributed by atoms with Gasteiger partial charge < -0.3 is 9.63 Å². The molecular weight excluding hydrogens is 255 g/mol. The summed E-state index contributed by atoms with van der Waals surface area (Å²) in [7, 11) is -2.41. The van der Waals surface area contributed by atoms with Crippen LogP contribution >= 0.6 is 7.82 Å². The van der Waals surface area contributed by atoms with E-state index in [1.165, 1.54) is 0 Å². The molecule has 0 aromatic heterocycles. The fourth-order valence-electron chi connectivity index (χ4n) is 1.99. The van der Waals surface area contributed by atoms with Crippen molar-refractivity contribution in [3.05, 3.63) is 29.8 Å². The van der Waals surface area contributed by atoms with Crippen LogP contribution in [0.5, 0.6) is 5.75 Å². The zero-order valence-corrected chi connectivity index (χ0v) is 11.5. The highest BCUT2D eigenvalue weighted by atomic mass is 31.2. The zero-order chi connectivity index (χ0) is 13.4. The molecule has 1 aliphatic rings. The lowest BCUT2D eigenvalue weighted by molar-refractivity contribution is -0.0480. The first-order chi connectivity index (χ1) is 8.36. The molecule has 2 rings (SSSR count). The maximum absolute atomic E-state index is 11.6. The largest absolute Gasteiger partial charge is 0.496 e. The Morgan fingerprint density at radius 3 is 2.78 bits per heavy atom. The zero-order valence-electron chi connectivity index (χ0n) is 10.6. The molecule has 1 aromatic carbocycles. The molecule has 1 aliphatic heterocycles. The van der Waals surface area contributed by atoms with Gasteiger partial charge in [-0.3, -0.25) is 9.05 Å². The predicted molar refractivity (Wildman–Crippen MR) is 66.4 cm³/mol. The average Bonchev–Trinajstić information content (AvgIpc) is 2.33.